The Hall–Kier alpha value is -5.02. The van der Waals surface area contributed by atoms with E-state index in [1.165, 1.54) is 10.8 Å². The minimum atomic E-state index is -0.437. The zero-order valence-electron chi connectivity index (χ0n) is 21.0. The van der Waals surface area contributed by atoms with Crippen LogP contribution in [0.4, 0.5) is 0 Å². The Morgan fingerprint density at radius 3 is 1.55 bits per heavy atom. The van der Waals surface area contributed by atoms with Gasteiger partial charge in [0.15, 0.2) is 0 Å². The van der Waals surface area contributed by atoms with Gasteiger partial charge in [-0.05, 0) is 70.4 Å². The zero-order valence-corrected chi connectivity index (χ0v) is 21.0. The number of hydrogen-bond acceptors (Lipinski definition) is 2. The predicted octanol–water partition coefficient (Wildman–Crippen LogP) is 9.35. The van der Waals surface area contributed by atoms with Crippen molar-refractivity contribution < 1.29 is 13.9 Å². The summed E-state index contributed by atoms with van der Waals surface area (Å²) in [5.74, 6) is 1.59. The summed E-state index contributed by atoms with van der Waals surface area (Å²) in [6.45, 7) is 5.28. The molecule has 0 saturated carbocycles. The quantitative estimate of drug-likeness (QED) is 0.104. The molecule has 1 heterocycles. The van der Waals surface area contributed by atoms with Crippen LogP contribution in [0.25, 0.3) is 55.3 Å². The van der Waals surface area contributed by atoms with E-state index in [1.54, 1.807) is 19.1 Å². The summed E-state index contributed by atoms with van der Waals surface area (Å²) >= 11 is 0. The molecule has 0 aliphatic carbocycles. The number of carbonyl (C=O) groups is 1. The summed E-state index contributed by atoms with van der Waals surface area (Å²) in [5.41, 5.74) is 4.35. The predicted molar refractivity (Wildman–Crippen MR) is 155 cm³/mol. The first-order valence-electron chi connectivity index (χ1n) is 12.5. The van der Waals surface area contributed by atoms with E-state index in [4.69, 9.17) is 9.15 Å². The minimum absolute atomic E-state index is 0.360. The maximum atomic E-state index is 11.9. The maximum absolute atomic E-state index is 11.9. The highest BCUT2D eigenvalue weighted by Gasteiger charge is 2.21. The topological polar surface area (TPSA) is 37.6 Å². The molecule has 3 nitrogen and oxygen atoms in total. The second kappa shape index (κ2) is 9.79. The van der Waals surface area contributed by atoms with Crippen LogP contribution in [0.2, 0.25) is 0 Å². The molecule has 182 valence electrons. The van der Waals surface area contributed by atoms with Gasteiger partial charge < -0.3 is 4.74 Å². The fraction of sp³-hybridized carbons (Fsp3) is 0.0286. The summed E-state index contributed by atoms with van der Waals surface area (Å²) in [6.07, 6.45) is 0. The van der Waals surface area contributed by atoms with Gasteiger partial charge in [-0.15, -0.1) is 0 Å². The third kappa shape index (κ3) is 4.70. The average Bonchev–Trinajstić information content (AvgIpc) is 2.96. The summed E-state index contributed by atoms with van der Waals surface area (Å²) in [6, 6.07) is 40.9. The van der Waals surface area contributed by atoms with Gasteiger partial charge in [-0.25, -0.2) is 9.21 Å². The summed E-state index contributed by atoms with van der Waals surface area (Å²) in [4.78, 5) is 11.9. The van der Waals surface area contributed by atoms with E-state index in [0.29, 0.717) is 11.3 Å². The van der Waals surface area contributed by atoms with Crippen molar-refractivity contribution >= 4 is 27.5 Å². The number of hydrogen-bond donors (Lipinski definition) is 0. The molecule has 6 aromatic rings. The van der Waals surface area contributed by atoms with Crippen molar-refractivity contribution in [1.82, 2.24) is 0 Å². The van der Waals surface area contributed by atoms with Crippen molar-refractivity contribution in [1.29, 1.82) is 0 Å². The number of carbonyl (C=O) groups excluding carboxylic acids is 1. The fourth-order valence-electron chi connectivity index (χ4n) is 4.55. The Labute approximate surface area is 221 Å². The minimum Gasteiger partial charge on any atom is -0.423 e. The SMILES string of the molecule is C=C(C)C(=O)Oc1ccc(-c2cc(-c3ccc4ccccc4c3)[o+]c(-c3ccc4ccccc4c3)c2)cc1. The van der Waals surface area contributed by atoms with Crippen LogP contribution in [-0.4, -0.2) is 5.97 Å². The molecular formula is C35H25O3+. The van der Waals surface area contributed by atoms with E-state index in [9.17, 15) is 4.79 Å². The second-order valence-electron chi connectivity index (χ2n) is 9.39. The molecule has 0 spiro atoms. The van der Waals surface area contributed by atoms with Gasteiger partial charge in [0, 0.05) is 11.1 Å². The molecule has 5 aromatic carbocycles. The van der Waals surface area contributed by atoms with Crippen LogP contribution in [-0.2, 0) is 4.79 Å². The molecule has 38 heavy (non-hydrogen) atoms. The first kappa shape index (κ1) is 23.4. The van der Waals surface area contributed by atoms with E-state index in [2.05, 4.69) is 79.4 Å². The Morgan fingerprint density at radius 2 is 1.05 bits per heavy atom. The highest BCUT2D eigenvalue weighted by atomic mass is 16.5. The van der Waals surface area contributed by atoms with E-state index in [0.717, 1.165) is 44.5 Å². The number of rotatable bonds is 5. The van der Waals surface area contributed by atoms with Crippen LogP contribution in [0.1, 0.15) is 6.92 Å². The molecule has 0 radical (unpaired) electrons. The second-order valence-corrected chi connectivity index (χ2v) is 9.39. The van der Waals surface area contributed by atoms with Crippen LogP contribution in [0.5, 0.6) is 5.75 Å². The van der Waals surface area contributed by atoms with Crippen LogP contribution < -0.4 is 4.74 Å². The molecule has 1 aromatic heterocycles. The summed E-state index contributed by atoms with van der Waals surface area (Å²) in [5, 5.41) is 4.67. The third-order valence-electron chi connectivity index (χ3n) is 6.61. The van der Waals surface area contributed by atoms with Crippen molar-refractivity contribution in [2.24, 2.45) is 0 Å². The third-order valence-corrected chi connectivity index (χ3v) is 6.61. The van der Waals surface area contributed by atoms with Crippen molar-refractivity contribution in [2.45, 2.75) is 6.92 Å². The molecule has 6 rings (SSSR count). The van der Waals surface area contributed by atoms with Gasteiger partial charge in [-0.3, -0.25) is 0 Å². The van der Waals surface area contributed by atoms with Crippen LogP contribution >= 0.6 is 0 Å². The van der Waals surface area contributed by atoms with Crippen LogP contribution in [0.15, 0.2) is 138 Å². The molecule has 3 heteroatoms. The Balaban J connectivity index is 1.47. The average molecular weight is 494 g/mol. The van der Waals surface area contributed by atoms with Gasteiger partial charge in [0.05, 0.1) is 23.3 Å². The highest BCUT2D eigenvalue weighted by molar-refractivity contribution is 5.90. The van der Waals surface area contributed by atoms with E-state index in [-0.39, 0.29) is 0 Å². The Kier molecular flexibility index (Phi) is 6.03. The van der Waals surface area contributed by atoms with Crippen LogP contribution in [0.3, 0.4) is 0 Å². The molecule has 0 atom stereocenters. The van der Waals surface area contributed by atoms with Crippen molar-refractivity contribution in [2.75, 3.05) is 0 Å². The first-order chi connectivity index (χ1) is 18.5. The lowest BCUT2D eigenvalue weighted by Crippen LogP contribution is -2.07. The highest BCUT2D eigenvalue weighted by Crippen LogP contribution is 2.35. The Morgan fingerprint density at radius 1 is 0.579 bits per heavy atom. The molecule has 0 aliphatic rings. The Bertz CT molecular complexity index is 1730. The van der Waals surface area contributed by atoms with Crippen molar-refractivity contribution in [3.63, 3.8) is 0 Å². The van der Waals surface area contributed by atoms with Crippen LogP contribution in [0, 0.1) is 0 Å². The zero-order chi connectivity index (χ0) is 26.1. The molecule has 0 aliphatic heterocycles. The molecule has 0 fully saturated rings. The first-order valence-corrected chi connectivity index (χ1v) is 12.5. The maximum Gasteiger partial charge on any atom is 0.361 e. The number of fused-ring (bicyclic) bond motifs is 2. The van der Waals surface area contributed by atoms with Gasteiger partial charge in [-0.1, -0.05) is 79.4 Å². The number of benzene rings is 5. The van der Waals surface area contributed by atoms with Gasteiger partial charge in [0.25, 0.3) is 0 Å². The number of ether oxygens (including phenoxy) is 1. The van der Waals surface area contributed by atoms with E-state index >= 15 is 0 Å². The van der Waals surface area contributed by atoms with Gasteiger partial charge >= 0.3 is 17.5 Å². The lowest BCUT2D eigenvalue weighted by Gasteiger charge is -2.06. The van der Waals surface area contributed by atoms with Gasteiger partial charge in [-0.2, -0.15) is 0 Å². The lowest BCUT2D eigenvalue weighted by molar-refractivity contribution is -0.130. The monoisotopic (exact) mass is 493 g/mol. The summed E-state index contributed by atoms with van der Waals surface area (Å²) in [7, 11) is 0. The van der Waals surface area contributed by atoms with Gasteiger partial charge in [0.2, 0.25) is 0 Å². The standard InChI is InChI=1S/C35H25O3/c1-23(2)35(36)37-32-17-15-26(16-18-32)31-21-33(29-13-11-24-7-3-5-9-27(24)19-29)38-34(22-31)30-14-12-25-8-4-6-10-28(25)20-30/h3-22H,1H2,2H3/q+1. The normalized spacial score (nSPS) is 11.0. The number of esters is 1. The van der Waals surface area contributed by atoms with Crippen molar-refractivity contribution in [3.8, 4) is 39.5 Å². The smallest absolute Gasteiger partial charge is 0.361 e. The van der Waals surface area contributed by atoms with Gasteiger partial charge in [0.1, 0.15) is 5.75 Å². The molecule has 0 N–H and O–H groups in total. The lowest BCUT2D eigenvalue weighted by atomic mass is 9.99. The largest absolute Gasteiger partial charge is 0.423 e. The van der Waals surface area contributed by atoms with E-state index < -0.39 is 5.97 Å². The molecule has 0 unspecified atom stereocenters. The van der Waals surface area contributed by atoms with E-state index in [1.807, 2.05) is 36.4 Å². The van der Waals surface area contributed by atoms with Crippen molar-refractivity contribution in [3.05, 3.63) is 133 Å². The summed E-state index contributed by atoms with van der Waals surface area (Å²) < 4.78 is 11.9. The molecule has 0 amide bonds. The molecular weight excluding hydrogens is 468 g/mol. The molecule has 0 saturated heterocycles. The fourth-order valence-corrected chi connectivity index (χ4v) is 4.55. The molecule has 0 bridgehead atoms.